The van der Waals surface area contributed by atoms with Gasteiger partial charge in [0.05, 0.1) is 35.2 Å². The van der Waals surface area contributed by atoms with Gasteiger partial charge in [0, 0.05) is 12.7 Å². The van der Waals surface area contributed by atoms with Crippen LogP contribution in [0.15, 0.2) is 6.20 Å². The number of hydrogen-bond acceptors (Lipinski definition) is 4. The van der Waals surface area contributed by atoms with Gasteiger partial charge in [-0.3, -0.25) is 9.36 Å². The van der Waals surface area contributed by atoms with Crippen molar-refractivity contribution in [3.63, 3.8) is 0 Å². The van der Waals surface area contributed by atoms with E-state index in [-0.39, 0.29) is 0 Å². The second-order valence-corrected chi connectivity index (χ2v) is 5.24. The number of hydrogen-bond donors (Lipinski definition) is 1. The van der Waals surface area contributed by atoms with Crippen LogP contribution in [0.5, 0.6) is 0 Å². The van der Waals surface area contributed by atoms with Crippen molar-refractivity contribution in [3.05, 3.63) is 28.3 Å². The highest BCUT2D eigenvalue weighted by molar-refractivity contribution is 6.31. The third kappa shape index (κ3) is 3.58. The number of nitrogens with one attached hydrogen (secondary N) is 1. The molecule has 0 aromatic carbocycles. The first kappa shape index (κ1) is 15.0. The first-order valence-electron chi connectivity index (χ1n) is 6.91. The SMILES string of the molecule is CCCNCc1cn(CCn2nc(C)c(Cl)c2C)nn1. The molecular formula is C13H21ClN6. The first-order valence-corrected chi connectivity index (χ1v) is 7.28. The minimum atomic E-state index is 0.735. The lowest BCUT2D eigenvalue weighted by atomic mass is 10.4. The normalized spacial score (nSPS) is 11.2. The van der Waals surface area contributed by atoms with E-state index in [0.717, 1.165) is 54.7 Å². The van der Waals surface area contributed by atoms with Gasteiger partial charge in [0.2, 0.25) is 0 Å². The highest BCUT2D eigenvalue weighted by Crippen LogP contribution is 2.18. The Morgan fingerprint density at radius 1 is 1.30 bits per heavy atom. The summed E-state index contributed by atoms with van der Waals surface area (Å²) in [6, 6.07) is 0. The van der Waals surface area contributed by atoms with Crippen LogP contribution in [0, 0.1) is 13.8 Å². The summed E-state index contributed by atoms with van der Waals surface area (Å²) in [6.45, 7) is 9.27. The van der Waals surface area contributed by atoms with Gasteiger partial charge in [0.25, 0.3) is 0 Å². The smallest absolute Gasteiger partial charge is 0.0964 e. The Bertz CT molecular complexity index is 559. The maximum atomic E-state index is 6.13. The van der Waals surface area contributed by atoms with E-state index in [0.29, 0.717) is 0 Å². The zero-order valence-corrected chi connectivity index (χ0v) is 13.0. The summed E-state index contributed by atoms with van der Waals surface area (Å²) in [6.07, 6.45) is 3.09. The quantitative estimate of drug-likeness (QED) is 0.793. The molecule has 0 aliphatic carbocycles. The Labute approximate surface area is 124 Å². The van der Waals surface area contributed by atoms with E-state index in [9.17, 15) is 0 Å². The van der Waals surface area contributed by atoms with Crippen molar-refractivity contribution in [3.8, 4) is 0 Å². The molecule has 0 atom stereocenters. The molecule has 7 heteroatoms. The van der Waals surface area contributed by atoms with Gasteiger partial charge in [0.1, 0.15) is 0 Å². The van der Waals surface area contributed by atoms with Gasteiger partial charge in [-0.2, -0.15) is 5.10 Å². The molecule has 2 aromatic rings. The maximum absolute atomic E-state index is 6.13. The van der Waals surface area contributed by atoms with Crippen LogP contribution in [-0.4, -0.2) is 31.3 Å². The van der Waals surface area contributed by atoms with E-state index >= 15 is 0 Å². The summed E-state index contributed by atoms with van der Waals surface area (Å²) in [4.78, 5) is 0. The summed E-state index contributed by atoms with van der Waals surface area (Å²) in [7, 11) is 0. The fourth-order valence-electron chi connectivity index (χ4n) is 2.01. The standard InChI is InChI=1S/C13H21ClN6/c1-4-5-15-8-12-9-19(18-16-12)6-7-20-11(3)13(14)10(2)17-20/h9,15H,4-8H2,1-3H3. The van der Waals surface area contributed by atoms with Crippen molar-refractivity contribution >= 4 is 11.6 Å². The van der Waals surface area contributed by atoms with E-state index in [1.807, 2.05) is 29.4 Å². The molecule has 0 spiro atoms. The number of aryl methyl sites for hydroxylation is 3. The summed E-state index contributed by atoms with van der Waals surface area (Å²) >= 11 is 6.13. The highest BCUT2D eigenvalue weighted by Gasteiger charge is 2.09. The molecule has 6 nitrogen and oxygen atoms in total. The van der Waals surface area contributed by atoms with E-state index < -0.39 is 0 Å². The van der Waals surface area contributed by atoms with E-state index in [4.69, 9.17) is 11.6 Å². The van der Waals surface area contributed by atoms with Crippen LogP contribution in [0.4, 0.5) is 0 Å². The van der Waals surface area contributed by atoms with Crippen LogP contribution in [0.25, 0.3) is 0 Å². The molecule has 0 saturated heterocycles. The van der Waals surface area contributed by atoms with Crippen LogP contribution in [-0.2, 0) is 19.6 Å². The fraction of sp³-hybridized carbons (Fsp3) is 0.615. The molecule has 0 unspecified atom stereocenters. The molecule has 0 fully saturated rings. The van der Waals surface area contributed by atoms with Gasteiger partial charge in [-0.05, 0) is 26.8 Å². The third-order valence-corrected chi connectivity index (χ3v) is 3.70. The van der Waals surface area contributed by atoms with Crippen LogP contribution in [0.1, 0.15) is 30.4 Å². The Kier molecular flexibility index (Phi) is 5.14. The Hall–Kier alpha value is -1.40. The van der Waals surface area contributed by atoms with Crippen LogP contribution >= 0.6 is 11.6 Å². The average molecular weight is 297 g/mol. The van der Waals surface area contributed by atoms with Gasteiger partial charge in [0.15, 0.2) is 0 Å². The molecule has 2 heterocycles. The molecule has 110 valence electrons. The Morgan fingerprint density at radius 3 is 2.75 bits per heavy atom. The second-order valence-electron chi connectivity index (χ2n) is 4.86. The summed E-state index contributed by atoms with van der Waals surface area (Å²) < 4.78 is 3.75. The zero-order valence-electron chi connectivity index (χ0n) is 12.2. The highest BCUT2D eigenvalue weighted by atomic mass is 35.5. The largest absolute Gasteiger partial charge is 0.311 e. The number of nitrogens with zero attached hydrogens (tertiary/aromatic N) is 5. The predicted octanol–water partition coefficient (Wildman–Crippen LogP) is 1.94. The molecule has 20 heavy (non-hydrogen) atoms. The van der Waals surface area contributed by atoms with Gasteiger partial charge < -0.3 is 5.32 Å². The van der Waals surface area contributed by atoms with E-state index in [1.54, 1.807) is 0 Å². The first-order chi connectivity index (χ1) is 9.61. The third-order valence-electron chi connectivity index (χ3n) is 3.15. The van der Waals surface area contributed by atoms with Crippen molar-refractivity contribution in [1.82, 2.24) is 30.1 Å². The lowest BCUT2D eigenvalue weighted by Gasteiger charge is -2.03. The number of halogens is 1. The minimum absolute atomic E-state index is 0.735. The molecule has 0 amide bonds. The van der Waals surface area contributed by atoms with Crippen LogP contribution < -0.4 is 5.32 Å². The maximum Gasteiger partial charge on any atom is 0.0964 e. The van der Waals surface area contributed by atoms with Crippen LogP contribution in [0.2, 0.25) is 5.02 Å². The van der Waals surface area contributed by atoms with Crippen molar-refractivity contribution in [2.75, 3.05) is 6.54 Å². The molecule has 0 aliphatic rings. The lowest BCUT2D eigenvalue weighted by Crippen LogP contribution is -2.14. The monoisotopic (exact) mass is 296 g/mol. The van der Waals surface area contributed by atoms with Crippen molar-refractivity contribution < 1.29 is 0 Å². The second kappa shape index (κ2) is 6.85. The Morgan fingerprint density at radius 2 is 2.10 bits per heavy atom. The lowest BCUT2D eigenvalue weighted by molar-refractivity contribution is 0.481. The van der Waals surface area contributed by atoms with Gasteiger partial charge >= 0.3 is 0 Å². The molecule has 0 radical (unpaired) electrons. The summed E-state index contributed by atoms with van der Waals surface area (Å²) in [5, 5.41) is 16.7. The topological polar surface area (TPSA) is 60.6 Å². The molecule has 0 saturated carbocycles. The van der Waals surface area contributed by atoms with Crippen molar-refractivity contribution in [1.29, 1.82) is 0 Å². The molecule has 1 N–H and O–H groups in total. The summed E-state index contributed by atoms with van der Waals surface area (Å²) in [5.41, 5.74) is 2.83. The molecule has 2 aromatic heterocycles. The molecular weight excluding hydrogens is 276 g/mol. The molecule has 2 rings (SSSR count). The van der Waals surface area contributed by atoms with Gasteiger partial charge in [-0.25, -0.2) is 0 Å². The summed E-state index contributed by atoms with van der Waals surface area (Å²) in [5.74, 6) is 0. The molecule has 0 aliphatic heterocycles. The minimum Gasteiger partial charge on any atom is -0.311 e. The van der Waals surface area contributed by atoms with Crippen molar-refractivity contribution in [2.24, 2.45) is 0 Å². The predicted molar refractivity (Wildman–Crippen MR) is 78.7 cm³/mol. The van der Waals surface area contributed by atoms with Gasteiger partial charge in [-0.15, -0.1) is 5.10 Å². The molecule has 0 bridgehead atoms. The average Bonchev–Trinajstić information content (AvgIpc) is 2.98. The number of rotatable bonds is 7. The Balaban J connectivity index is 1.89. The van der Waals surface area contributed by atoms with Crippen LogP contribution in [0.3, 0.4) is 0 Å². The fourth-order valence-corrected chi connectivity index (χ4v) is 2.15. The van der Waals surface area contributed by atoms with E-state index in [1.165, 1.54) is 0 Å². The zero-order chi connectivity index (χ0) is 14.5. The van der Waals surface area contributed by atoms with Crippen molar-refractivity contribution in [2.45, 2.75) is 46.8 Å². The van der Waals surface area contributed by atoms with Gasteiger partial charge in [-0.1, -0.05) is 23.7 Å². The van der Waals surface area contributed by atoms with E-state index in [2.05, 4.69) is 27.7 Å². The number of aromatic nitrogens is 5.